The molecule has 0 aromatic carbocycles. The number of nitrogens with zero attached hydrogens (tertiary/aromatic N) is 1. The quantitative estimate of drug-likeness (QED) is 0.806. The van der Waals surface area contributed by atoms with Gasteiger partial charge in [0, 0.05) is 17.9 Å². The molecule has 1 saturated carbocycles. The van der Waals surface area contributed by atoms with E-state index in [4.69, 9.17) is 10.5 Å². The topological polar surface area (TPSA) is 48.1 Å². The second-order valence-corrected chi connectivity index (χ2v) is 5.15. The van der Waals surface area contributed by atoms with Crippen LogP contribution in [0.1, 0.15) is 35.9 Å². The molecule has 0 spiro atoms. The molecule has 14 heavy (non-hydrogen) atoms. The molecule has 4 heteroatoms. The lowest BCUT2D eigenvalue weighted by atomic mass is 10.1. The van der Waals surface area contributed by atoms with Gasteiger partial charge in [-0.1, -0.05) is 0 Å². The van der Waals surface area contributed by atoms with E-state index in [0.717, 1.165) is 37.5 Å². The molecule has 1 unspecified atom stereocenters. The average molecular weight is 210 g/mol. The predicted octanol–water partition coefficient (Wildman–Crippen LogP) is 1.59. The predicted molar refractivity (Wildman–Crippen MR) is 55.4 cm³/mol. The van der Waals surface area contributed by atoms with Gasteiger partial charge in [-0.2, -0.15) is 0 Å². The van der Waals surface area contributed by atoms with Crippen molar-refractivity contribution < 1.29 is 4.74 Å². The second-order valence-electron chi connectivity index (χ2n) is 4.29. The summed E-state index contributed by atoms with van der Waals surface area (Å²) in [5, 5.41) is 3.28. The zero-order valence-electron chi connectivity index (χ0n) is 8.03. The smallest absolute Gasteiger partial charge is 0.113 e. The lowest BCUT2D eigenvalue weighted by Crippen LogP contribution is -2.18. The van der Waals surface area contributed by atoms with E-state index in [1.54, 1.807) is 11.3 Å². The van der Waals surface area contributed by atoms with Crippen LogP contribution in [0.4, 0.5) is 0 Å². The maximum atomic E-state index is 6.10. The first-order chi connectivity index (χ1) is 6.78. The maximum absolute atomic E-state index is 6.10. The molecule has 76 valence electrons. The van der Waals surface area contributed by atoms with E-state index >= 15 is 0 Å². The number of ether oxygens (including phenoxy) is 1. The largest absolute Gasteiger partial charge is 0.381 e. The Morgan fingerprint density at radius 2 is 2.43 bits per heavy atom. The van der Waals surface area contributed by atoms with Gasteiger partial charge in [0.05, 0.1) is 17.8 Å². The fourth-order valence-corrected chi connectivity index (χ4v) is 2.89. The highest BCUT2D eigenvalue weighted by Gasteiger charge is 2.43. The van der Waals surface area contributed by atoms with Crippen LogP contribution in [-0.4, -0.2) is 18.2 Å². The standard InChI is InChI=1S/C10H14N2OS/c11-10(2-3-10)9-12-8(6-14-9)7-1-4-13-5-7/h6-7H,1-5,11H2. The van der Waals surface area contributed by atoms with Crippen molar-refractivity contribution in [3.63, 3.8) is 0 Å². The fourth-order valence-electron chi connectivity index (χ4n) is 1.82. The highest BCUT2D eigenvalue weighted by atomic mass is 32.1. The molecule has 2 fully saturated rings. The second kappa shape index (κ2) is 3.02. The third-order valence-corrected chi connectivity index (χ3v) is 4.16. The molecule has 1 aromatic rings. The van der Waals surface area contributed by atoms with Gasteiger partial charge in [-0.3, -0.25) is 0 Å². The number of thiazole rings is 1. The van der Waals surface area contributed by atoms with E-state index in [1.807, 2.05) is 0 Å². The number of hydrogen-bond donors (Lipinski definition) is 1. The van der Waals surface area contributed by atoms with Crippen LogP contribution in [0.2, 0.25) is 0 Å². The van der Waals surface area contributed by atoms with E-state index in [2.05, 4.69) is 10.4 Å². The van der Waals surface area contributed by atoms with Crippen molar-refractivity contribution in [3.05, 3.63) is 16.1 Å². The van der Waals surface area contributed by atoms with Crippen LogP contribution in [0.25, 0.3) is 0 Å². The van der Waals surface area contributed by atoms with Crippen molar-refractivity contribution in [2.45, 2.75) is 30.7 Å². The molecule has 1 saturated heterocycles. The van der Waals surface area contributed by atoms with Gasteiger partial charge in [0.25, 0.3) is 0 Å². The Morgan fingerprint density at radius 3 is 3.07 bits per heavy atom. The molecule has 3 rings (SSSR count). The molecule has 2 heterocycles. The summed E-state index contributed by atoms with van der Waals surface area (Å²) in [5.41, 5.74) is 7.22. The third-order valence-electron chi connectivity index (χ3n) is 3.08. The first-order valence-electron chi connectivity index (χ1n) is 5.10. The van der Waals surface area contributed by atoms with Gasteiger partial charge in [0.2, 0.25) is 0 Å². The van der Waals surface area contributed by atoms with Crippen molar-refractivity contribution >= 4 is 11.3 Å². The lowest BCUT2D eigenvalue weighted by molar-refractivity contribution is 0.193. The zero-order valence-corrected chi connectivity index (χ0v) is 8.85. The van der Waals surface area contributed by atoms with Crippen molar-refractivity contribution in [3.8, 4) is 0 Å². The molecule has 0 radical (unpaired) electrons. The molecular formula is C10H14N2OS. The van der Waals surface area contributed by atoms with Gasteiger partial charge >= 0.3 is 0 Å². The van der Waals surface area contributed by atoms with Gasteiger partial charge in [0.15, 0.2) is 0 Å². The normalized spacial score (nSPS) is 29.4. The van der Waals surface area contributed by atoms with E-state index in [9.17, 15) is 0 Å². The fraction of sp³-hybridized carbons (Fsp3) is 0.700. The van der Waals surface area contributed by atoms with Crippen LogP contribution in [0.5, 0.6) is 0 Å². The van der Waals surface area contributed by atoms with Crippen LogP contribution in [0, 0.1) is 0 Å². The molecular weight excluding hydrogens is 196 g/mol. The van der Waals surface area contributed by atoms with Crippen LogP contribution in [0.3, 0.4) is 0 Å². The Labute approximate surface area is 87.3 Å². The lowest BCUT2D eigenvalue weighted by Gasteiger charge is -2.04. The summed E-state index contributed by atoms with van der Waals surface area (Å²) in [6.45, 7) is 1.71. The molecule has 0 amide bonds. The summed E-state index contributed by atoms with van der Waals surface area (Å²) in [4.78, 5) is 4.64. The SMILES string of the molecule is NC1(c2nc(C3CCOC3)cs2)CC1. The van der Waals surface area contributed by atoms with Crippen molar-refractivity contribution in [2.75, 3.05) is 13.2 Å². The minimum Gasteiger partial charge on any atom is -0.381 e. The van der Waals surface area contributed by atoms with Gasteiger partial charge in [-0.25, -0.2) is 4.98 Å². The monoisotopic (exact) mass is 210 g/mol. The zero-order chi connectivity index (χ0) is 9.60. The van der Waals surface area contributed by atoms with E-state index in [1.165, 1.54) is 5.69 Å². The van der Waals surface area contributed by atoms with Crippen LogP contribution in [0.15, 0.2) is 5.38 Å². The Kier molecular flexibility index (Phi) is 1.90. The molecule has 1 aliphatic heterocycles. The summed E-state index contributed by atoms with van der Waals surface area (Å²) in [6, 6.07) is 0. The molecule has 1 aliphatic carbocycles. The van der Waals surface area contributed by atoms with Crippen molar-refractivity contribution in [2.24, 2.45) is 5.73 Å². The van der Waals surface area contributed by atoms with Crippen LogP contribution < -0.4 is 5.73 Å². The Morgan fingerprint density at radius 1 is 1.57 bits per heavy atom. The highest BCUT2D eigenvalue weighted by Crippen LogP contribution is 2.44. The highest BCUT2D eigenvalue weighted by molar-refractivity contribution is 7.09. The van der Waals surface area contributed by atoms with Gasteiger partial charge in [-0.15, -0.1) is 11.3 Å². The summed E-state index contributed by atoms with van der Waals surface area (Å²) >= 11 is 1.71. The third kappa shape index (κ3) is 1.38. The minimum atomic E-state index is -0.0671. The van der Waals surface area contributed by atoms with Gasteiger partial charge in [0.1, 0.15) is 5.01 Å². The number of hydrogen-bond acceptors (Lipinski definition) is 4. The van der Waals surface area contributed by atoms with Crippen LogP contribution in [-0.2, 0) is 10.3 Å². The number of aromatic nitrogens is 1. The van der Waals surface area contributed by atoms with E-state index < -0.39 is 0 Å². The van der Waals surface area contributed by atoms with Crippen LogP contribution >= 0.6 is 11.3 Å². The Bertz CT molecular complexity index is 340. The van der Waals surface area contributed by atoms with Gasteiger partial charge < -0.3 is 10.5 Å². The number of rotatable bonds is 2. The molecule has 1 aromatic heterocycles. The summed E-state index contributed by atoms with van der Waals surface area (Å²) < 4.78 is 5.36. The van der Waals surface area contributed by atoms with Crippen molar-refractivity contribution in [1.29, 1.82) is 0 Å². The molecule has 3 nitrogen and oxygen atoms in total. The van der Waals surface area contributed by atoms with Crippen molar-refractivity contribution in [1.82, 2.24) is 4.98 Å². The van der Waals surface area contributed by atoms with E-state index in [0.29, 0.717) is 5.92 Å². The molecule has 1 atom stereocenters. The van der Waals surface area contributed by atoms with E-state index in [-0.39, 0.29) is 5.54 Å². The molecule has 0 bridgehead atoms. The summed E-state index contributed by atoms with van der Waals surface area (Å²) in [7, 11) is 0. The molecule has 2 N–H and O–H groups in total. The maximum Gasteiger partial charge on any atom is 0.113 e. The Balaban J connectivity index is 1.82. The number of nitrogens with two attached hydrogens (primary N) is 1. The van der Waals surface area contributed by atoms with Gasteiger partial charge in [-0.05, 0) is 19.3 Å². The minimum absolute atomic E-state index is 0.0671. The Hall–Kier alpha value is -0.450. The average Bonchev–Trinajstić information content (AvgIpc) is 2.73. The summed E-state index contributed by atoms with van der Waals surface area (Å²) in [6.07, 6.45) is 3.31. The summed E-state index contributed by atoms with van der Waals surface area (Å²) in [5.74, 6) is 0.516. The molecule has 2 aliphatic rings. The first-order valence-corrected chi connectivity index (χ1v) is 5.98. The first kappa shape index (κ1) is 8.83.